The number of aromatic nitrogens is 2. The minimum atomic E-state index is -0.380. The summed E-state index contributed by atoms with van der Waals surface area (Å²) in [5.41, 5.74) is 2.89. The molecule has 0 aliphatic carbocycles. The van der Waals surface area contributed by atoms with Crippen LogP contribution in [0.25, 0.3) is 11.3 Å². The fourth-order valence-electron chi connectivity index (χ4n) is 2.75. The maximum absolute atomic E-state index is 14.5. The van der Waals surface area contributed by atoms with Gasteiger partial charge in [-0.1, -0.05) is 25.4 Å². The van der Waals surface area contributed by atoms with E-state index in [1.54, 1.807) is 0 Å². The Morgan fingerprint density at radius 1 is 1.27 bits per heavy atom. The molecule has 1 aliphatic rings. The Morgan fingerprint density at radius 2 is 2.00 bits per heavy atom. The fourth-order valence-corrected chi connectivity index (χ4v) is 3.08. The van der Waals surface area contributed by atoms with E-state index >= 15 is 0 Å². The van der Waals surface area contributed by atoms with Crippen LogP contribution in [0.2, 0.25) is 10.3 Å². The predicted molar refractivity (Wildman–Crippen MR) is 87.9 cm³/mol. The zero-order chi connectivity index (χ0) is 16.1. The summed E-state index contributed by atoms with van der Waals surface area (Å²) in [6, 6.07) is 3.29. The van der Waals surface area contributed by atoms with Crippen molar-refractivity contribution in [1.82, 2.24) is 9.97 Å². The summed E-state index contributed by atoms with van der Waals surface area (Å²) < 4.78 is 14.5. The quantitative estimate of drug-likeness (QED) is 0.691. The Bertz CT molecular complexity index is 804. The van der Waals surface area contributed by atoms with Crippen molar-refractivity contribution < 1.29 is 4.39 Å². The van der Waals surface area contributed by atoms with Crippen LogP contribution in [0.15, 0.2) is 23.3 Å². The molecule has 22 heavy (non-hydrogen) atoms. The van der Waals surface area contributed by atoms with Gasteiger partial charge in [-0.3, -0.25) is 4.99 Å². The highest BCUT2D eigenvalue weighted by Gasteiger charge is 2.37. The van der Waals surface area contributed by atoms with Crippen LogP contribution < -0.4 is 0 Å². The van der Waals surface area contributed by atoms with Gasteiger partial charge in [0, 0.05) is 16.7 Å². The van der Waals surface area contributed by atoms with Crippen molar-refractivity contribution in [3.05, 3.63) is 40.0 Å². The maximum atomic E-state index is 14.5. The molecule has 1 aromatic carbocycles. The van der Waals surface area contributed by atoms with Crippen LogP contribution in [0.1, 0.15) is 32.8 Å². The van der Waals surface area contributed by atoms with Gasteiger partial charge >= 0.3 is 0 Å². The molecule has 3 rings (SSSR count). The molecule has 6 heteroatoms. The van der Waals surface area contributed by atoms with E-state index < -0.39 is 0 Å². The average Bonchev–Trinajstić information content (AvgIpc) is 2.75. The van der Waals surface area contributed by atoms with Gasteiger partial charge in [0.25, 0.3) is 0 Å². The number of fused-ring (bicyclic) bond motifs is 1. The molecule has 2 aromatic rings. The van der Waals surface area contributed by atoms with Gasteiger partial charge in [-0.25, -0.2) is 14.4 Å². The molecule has 0 radical (unpaired) electrons. The second-order valence-corrected chi connectivity index (χ2v) is 6.32. The van der Waals surface area contributed by atoms with Crippen molar-refractivity contribution in [2.24, 2.45) is 4.99 Å². The molecule has 0 saturated carbocycles. The fraction of sp³-hybridized carbons (Fsp3) is 0.312. The summed E-state index contributed by atoms with van der Waals surface area (Å²) in [4.78, 5) is 12.3. The summed E-state index contributed by atoms with van der Waals surface area (Å²) in [6.07, 6.45) is 2.24. The Labute approximate surface area is 138 Å². The highest BCUT2D eigenvalue weighted by Crippen LogP contribution is 2.45. The lowest BCUT2D eigenvalue weighted by molar-refractivity contribution is 0.607. The molecule has 1 aliphatic heterocycles. The van der Waals surface area contributed by atoms with Gasteiger partial charge < -0.3 is 0 Å². The van der Waals surface area contributed by atoms with Crippen molar-refractivity contribution >= 4 is 34.6 Å². The van der Waals surface area contributed by atoms with E-state index in [1.807, 2.05) is 13.0 Å². The number of aliphatic imine (C=N–C) groups is 1. The van der Waals surface area contributed by atoms with E-state index in [0.29, 0.717) is 22.0 Å². The van der Waals surface area contributed by atoms with Gasteiger partial charge in [0.05, 0.1) is 16.9 Å². The molecule has 0 N–H and O–H groups in total. The molecule has 1 unspecified atom stereocenters. The first kappa shape index (κ1) is 15.4. The largest absolute Gasteiger partial charge is 0.254 e. The average molecular weight is 338 g/mol. The van der Waals surface area contributed by atoms with Crippen LogP contribution in [-0.4, -0.2) is 15.7 Å². The zero-order valence-corrected chi connectivity index (χ0v) is 13.9. The molecule has 0 amide bonds. The van der Waals surface area contributed by atoms with Crippen LogP contribution in [0.4, 0.5) is 10.1 Å². The van der Waals surface area contributed by atoms with Gasteiger partial charge in [-0.05, 0) is 42.6 Å². The smallest absolute Gasteiger partial charge is 0.222 e. The summed E-state index contributed by atoms with van der Waals surface area (Å²) in [5, 5.41) is 0.406. The van der Waals surface area contributed by atoms with Crippen molar-refractivity contribution in [3.8, 4) is 11.3 Å². The van der Waals surface area contributed by atoms with E-state index in [0.717, 1.165) is 17.7 Å². The minimum absolute atomic E-state index is 0.0750. The first-order valence-corrected chi connectivity index (χ1v) is 7.70. The van der Waals surface area contributed by atoms with E-state index in [4.69, 9.17) is 23.2 Å². The van der Waals surface area contributed by atoms with Crippen LogP contribution >= 0.6 is 23.2 Å². The topological polar surface area (TPSA) is 38.1 Å². The monoisotopic (exact) mass is 337 g/mol. The highest BCUT2D eigenvalue weighted by molar-refractivity contribution is 6.33. The van der Waals surface area contributed by atoms with Gasteiger partial charge in [0.2, 0.25) is 5.28 Å². The number of nitrogens with zero attached hydrogens (tertiary/aromatic N) is 3. The molecule has 1 atom stereocenters. The molecule has 3 nitrogen and oxygen atoms in total. The molecular formula is C16H14Cl2FN3. The Hall–Kier alpha value is -1.52. The summed E-state index contributed by atoms with van der Waals surface area (Å²) in [7, 11) is 0. The Morgan fingerprint density at radius 3 is 2.68 bits per heavy atom. The van der Waals surface area contributed by atoms with Crippen molar-refractivity contribution in [2.45, 2.75) is 32.6 Å². The summed E-state index contributed by atoms with van der Waals surface area (Å²) >= 11 is 12.0. The zero-order valence-electron chi connectivity index (χ0n) is 12.4. The standard InChI is InChI=1S/C16H14Cl2FN3/c1-4-16(3)8(2)21-14-10(16)5-9(6-12(14)19)13-11(17)7-20-15(18)22-13/h5-7H,4H2,1-3H3. The molecular weight excluding hydrogens is 324 g/mol. The SMILES string of the molecule is CCC1(C)C(C)=Nc2c(F)cc(-c3nc(Cl)ncc3Cl)cc21. The first-order valence-electron chi connectivity index (χ1n) is 6.95. The molecule has 0 fully saturated rings. The Balaban J connectivity index is 2.24. The molecule has 2 heterocycles. The van der Waals surface area contributed by atoms with E-state index in [2.05, 4.69) is 28.8 Å². The lowest BCUT2D eigenvalue weighted by Crippen LogP contribution is -2.26. The van der Waals surface area contributed by atoms with Crippen molar-refractivity contribution in [3.63, 3.8) is 0 Å². The number of benzene rings is 1. The van der Waals surface area contributed by atoms with Gasteiger partial charge in [-0.15, -0.1) is 0 Å². The lowest BCUT2D eigenvalue weighted by atomic mass is 9.77. The number of rotatable bonds is 2. The van der Waals surface area contributed by atoms with Crippen molar-refractivity contribution in [2.75, 3.05) is 0 Å². The lowest BCUT2D eigenvalue weighted by Gasteiger charge is -2.24. The third-order valence-corrected chi connectivity index (χ3v) is 4.89. The predicted octanol–water partition coefficient (Wildman–Crippen LogP) is 5.36. The number of hydrogen-bond acceptors (Lipinski definition) is 3. The van der Waals surface area contributed by atoms with Crippen molar-refractivity contribution in [1.29, 1.82) is 0 Å². The normalized spacial score (nSPS) is 20.0. The van der Waals surface area contributed by atoms with Crippen LogP contribution in [0, 0.1) is 5.82 Å². The van der Waals surface area contributed by atoms with Crippen LogP contribution in [0.5, 0.6) is 0 Å². The summed E-state index contributed by atoms with van der Waals surface area (Å²) in [5.74, 6) is -0.380. The first-order chi connectivity index (χ1) is 10.4. The molecule has 0 bridgehead atoms. The third-order valence-electron chi connectivity index (χ3n) is 4.43. The van der Waals surface area contributed by atoms with Crippen LogP contribution in [-0.2, 0) is 5.41 Å². The number of halogens is 3. The van der Waals surface area contributed by atoms with E-state index in [9.17, 15) is 4.39 Å². The molecule has 0 spiro atoms. The minimum Gasteiger partial charge on any atom is -0.254 e. The highest BCUT2D eigenvalue weighted by atomic mass is 35.5. The second-order valence-electron chi connectivity index (χ2n) is 5.57. The Kier molecular flexibility index (Phi) is 3.69. The number of hydrogen-bond donors (Lipinski definition) is 0. The van der Waals surface area contributed by atoms with Gasteiger partial charge in [0.15, 0.2) is 0 Å². The van der Waals surface area contributed by atoms with Crippen LogP contribution in [0.3, 0.4) is 0 Å². The van der Waals surface area contributed by atoms with Gasteiger partial charge in [-0.2, -0.15) is 0 Å². The maximum Gasteiger partial charge on any atom is 0.222 e. The van der Waals surface area contributed by atoms with E-state index in [-0.39, 0.29) is 16.5 Å². The second kappa shape index (κ2) is 5.28. The van der Waals surface area contributed by atoms with Gasteiger partial charge in [0.1, 0.15) is 11.5 Å². The third kappa shape index (κ3) is 2.22. The molecule has 1 aromatic heterocycles. The molecule has 114 valence electrons. The summed E-state index contributed by atoms with van der Waals surface area (Å²) in [6.45, 7) is 6.06. The molecule has 0 saturated heterocycles. The van der Waals surface area contributed by atoms with E-state index in [1.165, 1.54) is 12.3 Å².